The summed E-state index contributed by atoms with van der Waals surface area (Å²) in [6.45, 7) is 2.72. The van der Waals surface area contributed by atoms with Crippen molar-refractivity contribution in [2.24, 2.45) is 0 Å². The van der Waals surface area contributed by atoms with Crippen LogP contribution < -0.4 is 14.8 Å². The van der Waals surface area contributed by atoms with Crippen molar-refractivity contribution in [1.29, 1.82) is 0 Å². The number of hydrogen-bond donors (Lipinski definition) is 1. The molecule has 2 aromatic carbocycles. The van der Waals surface area contributed by atoms with Crippen molar-refractivity contribution in [3.05, 3.63) is 59.7 Å². The molecule has 2 rings (SSSR count). The van der Waals surface area contributed by atoms with Crippen molar-refractivity contribution >= 4 is 5.91 Å². The minimum Gasteiger partial charge on any atom is -0.496 e. The van der Waals surface area contributed by atoms with Crippen molar-refractivity contribution in [2.75, 3.05) is 27.4 Å². The van der Waals surface area contributed by atoms with E-state index in [1.807, 2.05) is 43.3 Å². The van der Waals surface area contributed by atoms with Gasteiger partial charge in [0.05, 0.1) is 19.3 Å². The van der Waals surface area contributed by atoms with Gasteiger partial charge in [0.1, 0.15) is 17.6 Å². The Labute approximate surface area is 142 Å². The van der Waals surface area contributed by atoms with Gasteiger partial charge in [-0.1, -0.05) is 30.3 Å². The molecule has 0 heterocycles. The molecule has 0 radical (unpaired) electrons. The summed E-state index contributed by atoms with van der Waals surface area (Å²) in [5.74, 6) is 1.10. The van der Waals surface area contributed by atoms with Crippen LogP contribution in [0.4, 0.5) is 0 Å². The molecule has 0 fully saturated rings. The van der Waals surface area contributed by atoms with Crippen molar-refractivity contribution in [3.63, 3.8) is 0 Å². The molecule has 0 saturated carbocycles. The minimum atomic E-state index is -0.302. The highest BCUT2D eigenvalue weighted by atomic mass is 16.5. The molecule has 2 aromatic rings. The first-order valence-corrected chi connectivity index (χ1v) is 7.87. The first-order valence-electron chi connectivity index (χ1n) is 7.87. The lowest BCUT2D eigenvalue weighted by Gasteiger charge is -2.19. The molecule has 0 aliphatic heterocycles. The summed E-state index contributed by atoms with van der Waals surface area (Å²) in [7, 11) is 3.22. The van der Waals surface area contributed by atoms with E-state index in [-0.39, 0.29) is 12.0 Å². The molecular formula is C19H23NO4. The predicted octanol–water partition coefficient (Wildman–Crippen LogP) is 3.21. The topological polar surface area (TPSA) is 56.8 Å². The molecule has 128 valence electrons. The van der Waals surface area contributed by atoms with Gasteiger partial charge < -0.3 is 19.5 Å². The second kappa shape index (κ2) is 8.93. The first-order chi connectivity index (χ1) is 11.7. The maximum Gasteiger partial charge on any atom is 0.255 e. The van der Waals surface area contributed by atoms with Gasteiger partial charge in [-0.3, -0.25) is 4.79 Å². The summed E-state index contributed by atoms with van der Waals surface area (Å²) < 4.78 is 16.4. The Morgan fingerprint density at radius 1 is 1.04 bits per heavy atom. The van der Waals surface area contributed by atoms with Gasteiger partial charge in [0.25, 0.3) is 5.91 Å². The highest BCUT2D eigenvalue weighted by Gasteiger charge is 2.18. The fourth-order valence-corrected chi connectivity index (χ4v) is 2.47. The normalized spacial score (nSPS) is 11.6. The van der Waals surface area contributed by atoms with E-state index in [1.54, 1.807) is 26.4 Å². The van der Waals surface area contributed by atoms with Crippen LogP contribution in [-0.4, -0.2) is 33.3 Å². The molecule has 0 aliphatic carbocycles. The van der Waals surface area contributed by atoms with Gasteiger partial charge in [0.2, 0.25) is 0 Å². The van der Waals surface area contributed by atoms with Crippen LogP contribution in [0.3, 0.4) is 0 Å². The Bertz CT molecular complexity index is 672. The van der Waals surface area contributed by atoms with Crippen LogP contribution in [0.1, 0.15) is 28.9 Å². The third-order valence-electron chi connectivity index (χ3n) is 3.65. The Hall–Kier alpha value is -2.53. The Morgan fingerprint density at radius 3 is 2.38 bits per heavy atom. The molecule has 0 saturated heterocycles. The number of rotatable bonds is 8. The number of para-hydroxylation sites is 2. The number of carbonyl (C=O) groups is 1. The zero-order valence-corrected chi connectivity index (χ0v) is 14.2. The molecule has 24 heavy (non-hydrogen) atoms. The van der Waals surface area contributed by atoms with Crippen LogP contribution in [0.25, 0.3) is 0 Å². The monoisotopic (exact) mass is 329 g/mol. The lowest BCUT2D eigenvalue weighted by atomic mass is 10.1. The molecule has 5 nitrogen and oxygen atoms in total. The van der Waals surface area contributed by atoms with Gasteiger partial charge in [-0.2, -0.15) is 0 Å². The minimum absolute atomic E-state index is 0.198. The highest BCUT2D eigenvalue weighted by molar-refractivity contribution is 5.96. The van der Waals surface area contributed by atoms with E-state index in [4.69, 9.17) is 14.2 Å². The molecule has 0 aliphatic rings. The summed E-state index contributed by atoms with van der Waals surface area (Å²) in [6, 6.07) is 14.8. The fourth-order valence-electron chi connectivity index (χ4n) is 2.47. The quantitative estimate of drug-likeness (QED) is 0.808. The number of methoxy groups -OCH3 is 2. The third kappa shape index (κ3) is 4.26. The van der Waals surface area contributed by atoms with Crippen LogP contribution in [0.2, 0.25) is 0 Å². The van der Waals surface area contributed by atoms with Gasteiger partial charge in [-0.25, -0.2) is 0 Å². The molecule has 1 N–H and O–H groups in total. The van der Waals surface area contributed by atoms with Crippen LogP contribution in [0.15, 0.2) is 48.5 Å². The van der Waals surface area contributed by atoms with E-state index in [2.05, 4.69) is 5.32 Å². The standard InChI is InChI=1S/C19H23NO4/c1-4-24-17-12-8-6-10-15(17)19(21)20-13-18(23-3)14-9-5-7-11-16(14)22-2/h5-12,18H,4,13H2,1-3H3,(H,20,21). The second-order valence-electron chi connectivity index (χ2n) is 5.11. The van der Waals surface area contributed by atoms with E-state index in [1.165, 1.54) is 0 Å². The summed E-state index contributed by atoms with van der Waals surface area (Å²) in [5.41, 5.74) is 1.40. The maximum atomic E-state index is 12.5. The zero-order chi connectivity index (χ0) is 17.4. The predicted molar refractivity (Wildman–Crippen MR) is 92.7 cm³/mol. The van der Waals surface area contributed by atoms with Gasteiger partial charge in [0.15, 0.2) is 0 Å². The first kappa shape index (κ1) is 17.8. The number of carbonyl (C=O) groups excluding carboxylic acids is 1. The van der Waals surface area contributed by atoms with Gasteiger partial charge in [-0.15, -0.1) is 0 Å². The number of nitrogens with one attached hydrogen (secondary N) is 1. The largest absolute Gasteiger partial charge is 0.496 e. The number of benzene rings is 2. The van der Waals surface area contributed by atoms with Gasteiger partial charge >= 0.3 is 0 Å². The van der Waals surface area contributed by atoms with Gasteiger partial charge in [0, 0.05) is 19.2 Å². The molecule has 0 bridgehead atoms. The van der Waals surface area contributed by atoms with Crippen LogP contribution in [0.5, 0.6) is 11.5 Å². The average molecular weight is 329 g/mol. The summed E-state index contributed by atoms with van der Waals surface area (Å²) in [4.78, 5) is 12.5. The van der Waals surface area contributed by atoms with Gasteiger partial charge in [-0.05, 0) is 25.1 Å². The van der Waals surface area contributed by atoms with E-state index >= 15 is 0 Å². The SMILES string of the molecule is CCOc1ccccc1C(=O)NCC(OC)c1ccccc1OC. The second-order valence-corrected chi connectivity index (χ2v) is 5.11. The zero-order valence-electron chi connectivity index (χ0n) is 14.2. The molecule has 1 atom stereocenters. The van der Waals surface area contributed by atoms with Crippen LogP contribution >= 0.6 is 0 Å². The van der Waals surface area contributed by atoms with Crippen molar-refractivity contribution in [1.82, 2.24) is 5.32 Å². The average Bonchev–Trinajstić information content (AvgIpc) is 2.63. The fraction of sp³-hybridized carbons (Fsp3) is 0.316. The Balaban J connectivity index is 2.09. The summed E-state index contributed by atoms with van der Waals surface area (Å²) in [6.07, 6.45) is -0.302. The summed E-state index contributed by atoms with van der Waals surface area (Å²) >= 11 is 0. The van der Waals surface area contributed by atoms with Crippen molar-refractivity contribution < 1.29 is 19.0 Å². The van der Waals surface area contributed by atoms with Crippen molar-refractivity contribution in [2.45, 2.75) is 13.0 Å². The van der Waals surface area contributed by atoms with Crippen LogP contribution in [0, 0.1) is 0 Å². The Kier molecular flexibility index (Phi) is 6.63. The molecular weight excluding hydrogens is 306 g/mol. The number of hydrogen-bond acceptors (Lipinski definition) is 4. The molecule has 5 heteroatoms. The van der Waals surface area contributed by atoms with E-state index in [0.29, 0.717) is 24.5 Å². The lowest BCUT2D eigenvalue weighted by molar-refractivity contribution is 0.0816. The third-order valence-corrected chi connectivity index (χ3v) is 3.65. The molecule has 1 amide bonds. The maximum absolute atomic E-state index is 12.5. The Morgan fingerprint density at radius 2 is 1.71 bits per heavy atom. The highest BCUT2D eigenvalue weighted by Crippen LogP contribution is 2.26. The number of ether oxygens (including phenoxy) is 3. The summed E-state index contributed by atoms with van der Waals surface area (Å²) in [5, 5.41) is 2.90. The van der Waals surface area contributed by atoms with E-state index in [0.717, 1.165) is 11.3 Å². The lowest BCUT2D eigenvalue weighted by Crippen LogP contribution is -2.29. The molecule has 1 unspecified atom stereocenters. The van der Waals surface area contributed by atoms with Crippen LogP contribution in [-0.2, 0) is 4.74 Å². The smallest absolute Gasteiger partial charge is 0.255 e. The van der Waals surface area contributed by atoms with E-state index in [9.17, 15) is 4.79 Å². The molecule has 0 aromatic heterocycles. The van der Waals surface area contributed by atoms with Crippen molar-refractivity contribution in [3.8, 4) is 11.5 Å². The number of amides is 1. The van der Waals surface area contributed by atoms with E-state index < -0.39 is 0 Å². The molecule has 0 spiro atoms.